The standard InChI is InChI=1S/C18H30N2O2.ClH/c1-5-6-17(19)18(21)20-14(4)15-7-9-16(10-8-15)22-12-11-13(2)3;/h7-10,13-14,17H,5-6,11-12,19H2,1-4H3,(H,20,21);1H. The monoisotopic (exact) mass is 342 g/mol. The molecule has 4 nitrogen and oxygen atoms in total. The van der Waals surface area contributed by atoms with Crippen molar-refractivity contribution in [2.45, 2.75) is 59.0 Å². The van der Waals surface area contributed by atoms with Crippen LogP contribution in [0.5, 0.6) is 5.75 Å². The zero-order valence-corrected chi connectivity index (χ0v) is 15.5. The average Bonchev–Trinajstić information content (AvgIpc) is 2.47. The summed E-state index contributed by atoms with van der Waals surface area (Å²) in [4.78, 5) is 11.9. The van der Waals surface area contributed by atoms with Gasteiger partial charge in [0.15, 0.2) is 0 Å². The van der Waals surface area contributed by atoms with Gasteiger partial charge in [0.25, 0.3) is 0 Å². The van der Waals surface area contributed by atoms with E-state index in [1.165, 1.54) is 0 Å². The minimum Gasteiger partial charge on any atom is -0.494 e. The number of amides is 1. The van der Waals surface area contributed by atoms with Crippen LogP contribution >= 0.6 is 12.4 Å². The van der Waals surface area contributed by atoms with Crippen molar-refractivity contribution in [2.24, 2.45) is 11.7 Å². The first-order valence-corrected chi connectivity index (χ1v) is 8.22. The van der Waals surface area contributed by atoms with Crippen molar-refractivity contribution in [1.82, 2.24) is 5.32 Å². The highest BCUT2D eigenvalue weighted by Crippen LogP contribution is 2.18. The van der Waals surface area contributed by atoms with Crippen molar-refractivity contribution in [3.63, 3.8) is 0 Å². The molecule has 0 saturated carbocycles. The van der Waals surface area contributed by atoms with Gasteiger partial charge in [-0.2, -0.15) is 0 Å². The van der Waals surface area contributed by atoms with Crippen LogP contribution in [0.25, 0.3) is 0 Å². The fourth-order valence-corrected chi connectivity index (χ4v) is 2.11. The summed E-state index contributed by atoms with van der Waals surface area (Å²) in [7, 11) is 0. The van der Waals surface area contributed by atoms with Crippen LogP contribution in [-0.4, -0.2) is 18.6 Å². The molecule has 0 aromatic heterocycles. The first kappa shape index (κ1) is 21.7. The highest BCUT2D eigenvalue weighted by atomic mass is 35.5. The Bertz CT molecular complexity index is 449. The van der Waals surface area contributed by atoms with E-state index in [4.69, 9.17) is 10.5 Å². The molecule has 5 heteroatoms. The van der Waals surface area contributed by atoms with E-state index in [1.54, 1.807) is 0 Å². The quantitative estimate of drug-likeness (QED) is 0.716. The Morgan fingerprint density at radius 3 is 2.30 bits per heavy atom. The summed E-state index contributed by atoms with van der Waals surface area (Å²) in [6.07, 6.45) is 2.66. The third-order valence-electron chi connectivity index (χ3n) is 3.64. The third kappa shape index (κ3) is 8.24. The highest BCUT2D eigenvalue weighted by Gasteiger charge is 2.15. The lowest BCUT2D eigenvalue weighted by molar-refractivity contribution is -0.123. The lowest BCUT2D eigenvalue weighted by atomic mass is 10.1. The SMILES string of the molecule is CCCC(N)C(=O)NC(C)c1ccc(OCCC(C)C)cc1.Cl. The number of carbonyl (C=O) groups excluding carboxylic acids is 1. The lowest BCUT2D eigenvalue weighted by Crippen LogP contribution is -2.41. The Morgan fingerprint density at radius 1 is 1.17 bits per heavy atom. The van der Waals surface area contributed by atoms with Gasteiger partial charge in [-0.05, 0) is 43.4 Å². The number of ether oxygens (including phenoxy) is 1. The molecule has 1 aromatic rings. The van der Waals surface area contributed by atoms with Crippen LogP contribution in [0.1, 0.15) is 58.6 Å². The molecule has 1 rings (SSSR count). The molecule has 0 fully saturated rings. The summed E-state index contributed by atoms with van der Waals surface area (Å²) in [5, 5.41) is 2.95. The second-order valence-electron chi connectivity index (χ2n) is 6.23. The van der Waals surface area contributed by atoms with Gasteiger partial charge in [-0.15, -0.1) is 12.4 Å². The Balaban J connectivity index is 0.00000484. The number of rotatable bonds is 9. The van der Waals surface area contributed by atoms with Crippen LogP contribution in [0.4, 0.5) is 0 Å². The molecule has 0 heterocycles. The Morgan fingerprint density at radius 2 is 1.78 bits per heavy atom. The van der Waals surface area contributed by atoms with Crippen molar-refractivity contribution in [2.75, 3.05) is 6.61 Å². The molecule has 3 N–H and O–H groups in total. The molecule has 1 amide bonds. The molecule has 0 radical (unpaired) electrons. The fraction of sp³-hybridized carbons (Fsp3) is 0.611. The Labute approximate surface area is 146 Å². The summed E-state index contributed by atoms with van der Waals surface area (Å²) < 4.78 is 5.70. The van der Waals surface area contributed by atoms with E-state index in [0.29, 0.717) is 12.3 Å². The first-order valence-electron chi connectivity index (χ1n) is 8.22. The molecule has 0 bridgehead atoms. The number of hydrogen-bond acceptors (Lipinski definition) is 3. The van der Waals surface area contributed by atoms with Gasteiger partial charge in [0.2, 0.25) is 5.91 Å². The van der Waals surface area contributed by atoms with Crippen LogP contribution in [0.15, 0.2) is 24.3 Å². The predicted octanol–water partition coefficient (Wildman–Crippen LogP) is 3.84. The van der Waals surface area contributed by atoms with Crippen LogP contribution in [-0.2, 0) is 4.79 Å². The normalized spacial score (nSPS) is 13.1. The highest BCUT2D eigenvalue weighted by molar-refractivity contribution is 5.85. The zero-order chi connectivity index (χ0) is 16.5. The molecular formula is C18H31ClN2O2. The van der Waals surface area contributed by atoms with Crippen molar-refractivity contribution >= 4 is 18.3 Å². The van der Waals surface area contributed by atoms with Crippen molar-refractivity contribution in [3.05, 3.63) is 29.8 Å². The Hall–Kier alpha value is -1.26. The number of halogens is 1. The van der Waals surface area contributed by atoms with Gasteiger partial charge < -0.3 is 15.8 Å². The maximum absolute atomic E-state index is 11.9. The minimum atomic E-state index is -0.425. The van der Waals surface area contributed by atoms with Crippen LogP contribution in [0, 0.1) is 5.92 Å². The first-order chi connectivity index (χ1) is 10.4. The molecule has 0 aliphatic carbocycles. The van der Waals surface area contributed by atoms with E-state index in [1.807, 2.05) is 38.1 Å². The Kier molecular flexibility index (Phi) is 10.7. The van der Waals surface area contributed by atoms with Crippen molar-refractivity contribution in [1.29, 1.82) is 0 Å². The van der Waals surface area contributed by atoms with Gasteiger partial charge in [-0.25, -0.2) is 0 Å². The summed E-state index contributed by atoms with van der Waals surface area (Å²) >= 11 is 0. The molecule has 132 valence electrons. The smallest absolute Gasteiger partial charge is 0.237 e. The van der Waals surface area contributed by atoms with Crippen LogP contribution < -0.4 is 15.8 Å². The van der Waals surface area contributed by atoms with E-state index in [-0.39, 0.29) is 24.4 Å². The molecule has 23 heavy (non-hydrogen) atoms. The molecule has 2 atom stereocenters. The van der Waals surface area contributed by atoms with Gasteiger partial charge in [0.05, 0.1) is 18.7 Å². The predicted molar refractivity (Wildman–Crippen MR) is 98.1 cm³/mol. The van der Waals surface area contributed by atoms with Gasteiger partial charge >= 0.3 is 0 Å². The lowest BCUT2D eigenvalue weighted by Gasteiger charge is -2.18. The third-order valence-corrected chi connectivity index (χ3v) is 3.64. The molecule has 2 unspecified atom stereocenters. The van der Waals surface area contributed by atoms with Gasteiger partial charge in [0, 0.05) is 0 Å². The van der Waals surface area contributed by atoms with Crippen LogP contribution in [0.3, 0.4) is 0 Å². The van der Waals surface area contributed by atoms with Gasteiger partial charge in [-0.3, -0.25) is 4.79 Å². The number of hydrogen-bond donors (Lipinski definition) is 2. The largest absolute Gasteiger partial charge is 0.494 e. The molecule has 0 aliphatic heterocycles. The summed E-state index contributed by atoms with van der Waals surface area (Å²) in [6, 6.07) is 7.39. The molecular weight excluding hydrogens is 312 g/mol. The molecule has 1 aromatic carbocycles. The fourth-order valence-electron chi connectivity index (χ4n) is 2.11. The van der Waals surface area contributed by atoms with E-state index in [2.05, 4.69) is 19.2 Å². The number of carbonyl (C=O) groups is 1. The number of nitrogens with two attached hydrogens (primary N) is 1. The number of benzene rings is 1. The van der Waals surface area contributed by atoms with Crippen molar-refractivity contribution < 1.29 is 9.53 Å². The van der Waals surface area contributed by atoms with E-state index >= 15 is 0 Å². The van der Waals surface area contributed by atoms with Gasteiger partial charge in [0.1, 0.15) is 5.75 Å². The van der Waals surface area contributed by atoms with E-state index in [0.717, 1.165) is 30.8 Å². The molecule has 0 aliphatic rings. The summed E-state index contributed by atoms with van der Waals surface area (Å²) in [6.45, 7) is 9.08. The van der Waals surface area contributed by atoms with Crippen LogP contribution in [0.2, 0.25) is 0 Å². The second kappa shape index (κ2) is 11.3. The summed E-state index contributed by atoms with van der Waals surface area (Å²) in [5.41, 5.74) is 6.87. The molecule has 0 spiro atoms. The van der Waals surface area contributed by atoms with Crippen molar-refractivity contribution in [3.8, 4) is 5.75 Å². The molecule has 0 saturated heterocycles. The maximum atomic E-state index is 11.9. The average molecular weight is 343 g/mol. The topological polar surface area (TPSA) is 64.4 Å². The maximum Gasteiger partial charge on any atom is 0.237 e. The summed E-state index contributed by atoms with van der Waals surface area (Å²) in [5.74, 6) is 1.42. The second-order valence-corrected chi connectivity index (χ2v) is 6.23. The van der Waals surface area contributed by atoms with E-state index < -0.39 is 6.04 Å². The zero-order valence-electron chi connectivity index (χ0n) is 14.7. The van der Waals surface area contributed by atoms with Gasteiger partial charge in [-0.1, -0.05) is 39.3 Å². The minimum absolute atomic E-state index is 0. The van der Waals surface area contributed by atoms with E-state index in [9.17, 15) is 4.79 Å². The number of nitrogens with one attached hydrogen (secondary N) is 1.